The van der Waals surface area contributed by atoms with Gasteiger partial charge in [0.15, 0.2) is 0 Å². The monoisotopic (exact) mass is 507 g/mol. The molecule has 0 bridgehead atoms. The highest BCUT2D eigenvalue weighted by atomic mass is 31.2. The molecule has 0 amide bonds. The number of benzene rings is 2. The van der Waals surface area contributed by atoms with Crippen molar-refractivity contribution in [3.8, 4) is 5.75 Å². The first-order chi connectivity index (χ1) is 16.3. The van der Waals surface area contributed by atoms with Crippen LogP contribution in [0.5, 0.6) is 5.75 Å². The molecule has 3 aromatic rings. The van der Waals surface area contributed by atoms with E-state index < -0.39 is 24.9 Å². The molecule has 1 N–H and O–H groups in total. The van der Waals surface area contributed by atoms with Crippen LogP contribution in [0, 0.1) is 13.8 Å². The molecular weight excluding hydrogens is 478 g/mol. The number of hydrogen-bond donors (Lipinski definition) is 1. The molecule has 1 aromatic heterocycles. The number of halogens is 3. The van der Waals surface area contributed by atoms with Crippen LogP contribution in [0.15, 0.2) is 30.3 Å². The normalized spacial score (nSPS) is 17.5. The fraction of sp³-hybridized carbons (Fsp3) is 0.440. The van der Waals surface area contributed by atoms with Crippen LogP contribution in [0.25, 0.3) is 10.9 Å². The summed E-state index contributed by atoms with van der Waals surface area (Å²) in [6.45, 7) is 9.43. The number of anilines is 1. The molecule has 0 radical (unpaired) electrons. The van der Waals surface area contributed by atoms with E-state index >= 15 is 0 Å². The molecular formula is C25H29F3N3O3P. The van der Waals surface area contributed by atoms with E-state index in [0.29, 0.717) is 52.4 Å². The van der Waals surface area contributed by atoms with Gasteiger partial charge < -0.3 is 19.4 Å². The van der Waals surface area contributed by atoms with Crippen molar-refractivity contribution in [3.63, 3.8) is 0 Å². The van der Waals surface area contributed by atoms with Crippen molar-refractivity contribution < 1.29 is 27.2 Å². The molecule has 188 valence electrons. The maximum absolute atomic E-state index is 13.4. The number of nitrogens with one attached hydrogen (secondary N) is 1. The van der Waals surface area contributed by atoms with E-state index in [1.165, 1.54) is 13.0 Å². The molecule has 1 aliphatic rings. The Balaban J connectivity index is 1.77. The van der Waals surface area contributed by atoms with E-state index in [0.717, 1.165) is 12.5 Å². The first-order valence-corrected chi connectivity index (χ1v) is 14.0. The predicted molar refractivity (Wildman–Crippen MR) is 131 cm³/mol. The molecule has 1 saturated heterocycles. The van der Waals surface area contributed by atoms with E-state index in [1.807, 2.05) is 0 Å². The van der Waals surface area contributed by atoms with Gasteiger partial charge in [-0.2, -0.15) is 13.2 Å². The third kappa shape index (κ3) is 5.46. The zero-order chi connectivity index (χ0) is 25.5. The number of aromatic nitrogens is 2. The molecule has 1 unspecified atom stereocenters. The van der Waals surface area contributed by atoms with Crippen molar-refractivity contribution in [1.29, 1.82) is 0 Å². The number of alkyl halides is 3. The molecule has 0 aliphatic carbocycles. The molecule has 2 atom stereocenters. The largest absolute Gasteiger partial charge is 0.487 e. The molecule has 4 rings (SSSR count). The van der Waals surface area contributed by atoms with Crippen LogP contribution >= 0.6 is 7.14 Å². The van der Waals surface area contributed by atoms with Gasteiger partial charge >= 0.3 is 6.18 Å². The summed E-state index contributed by atoms with van der Waals surface area (Å²) in [5, 5.41) is 4.45. The van der Waals surface area contributed by atoms with Crippen molar-refractivity contribution in [2.75, 3.05) is 31.9 Å². The van der Waals surface area contributed by atoms with E-state index in [9.17, 15) is 17.7 Å². The Morgan fingerprint density at radius 3 is 2.57 bits per heavy atom. The van der Waals surface area contributed by atoms with Crippen LogP contribution in [0.3, 0.4) is 0 Å². The maximum Gasteiger partial charge on any atom is 0.416 e. The van der Waals surface area contributed by atoms with Gasteiger partial charge in [0.25, 0.3) is 0 Å². The number of aryl methyl sites for hydroxylation is 1. The summed E-state index contributed by atoms with van der Waals surface area (Å²) in [6.07, 6.45) is -3.81. The number of rotatable bonds is 6. The van der Waals surface area contributed by atoms with Gasteiger partial charge in [-0.1, -0.05) is 12.1 Å². The molecule has 35 heavy (non-hydrogen) atoms. The van der Waals surface area contributed by atoms with Crippen molar-refractivity contribution in [2.45, 2.75) is 45.5 Å². The zero-order valence-corrected chi connectivity index (χ0v) is 21.3. The van der Waals surface area contributed by atoms with Gasteiger partial charge in [0.1, 0.15) is 30.6 Å². The van der Waals surface area contributed by atoms with Gasteiger partial charge in [0.2, 0.25) is 0 Å². The van der Waals surface area contributed by atoms with Gasteiger partial charge in [-0.15, -0.1) is 0 Å². The molecule has 2 aromatic carbocycles. The fourth-order valence-electron chi connectivity index (χ4n) is 4.38. The molecule has 0 spiro atoms. The van der Waals surface area contributed by atoms with E-state index in [1.54, 1.807) is 45.4 Å². The summed E-state index contributed by atoms with van der Waals surface area (Å²) in [6, 6.07) is 7.23. The second-order valence-electron chi connectivity index (χ2n) is 9.29. The lowest BCUT2D eigenvalue weighted by molar-refractivity contribution is -0.138. The predicted octanol–water partition coefficient (Wildman–Crippen LogP) is 5.85. The number of ether oxygens (including phenoxy) is 2. The number of nitrogens with zero attached hydrogens (tertiary/aromatic N) is 2. The Morgan fingerprint density at radius 1 is 1.20 bits per heavy atom. The van der Waals surface area contributed by atoms with Gasteiger partial charge in [-0.05, 0) is 57.4 Å². The second kappa shape index (κ2) is 9.43. The Labute approximate surface area is 202 Å². The van der Waals surface area contributed by atoms with Crippen molar-refractivity contribution >= 4 is 29.2 Å². The SMILES string of the molecule is Cc1nc(N[C@H](C)c2cccc(C(F)(F)F)c2C)c2cc(P(C)(C)=O)c(OC3CCOC3)cc2n1. The minimum atomic E-state index is -4.43. The Bertz CT molecular complexity index is 1300. The Kier molecular flexibility index (Phi) is 6.86. The minimum absolute atomic E-state index is 0.123. The zero-order valence-electron chi connectivity index (χ0n) is 20.4. The van der Waals surface area contributed by atoms with Gasteiger partial charge in [0.05, 0.1) is 35.6 Å². The highest BCUT2D eigenvalue weighted by molar-refractivity contribution is 7.70. The van der Waals surface area contributed by atoms with E-state index in [-0.39, 0.29) is 11.7 Å². The molecule has 6 nitrogen and oxygen atoms in total. The molecule has 2 heterocycles. The molecule has 10 heteroatoms. The van der Waals surface area contributed by atoms with Crippen LogP contribution < -0.4 is 15.4 Å². The van der Waals surface area contributed by atoms with Crippen LogP contribution in [0.4, 0.5) is 19.0 Å². The van der Waals surface area contributed by atoms with Crippen LogP contribution in [-0.2, 0) is 15.5 Å². The molecule has 1 aliphatic heterocycles. The first-order valence-electron chi connectivity index (χ1n) is 11.4. The Hall–Kier alpha value is -2.64. The molecule has 1 fully saturated rings. The maximum atomic E-state index is 13.4. The summed E-state index contributed by atoms with van der Waals surface area (Å²) in [5.74, 6) is 1.46. The standard InChI is InChI=1S/C25H29F3N3O3P/c1-14-18(7-6-8-20(14)25(26,27)28)15(2)29-24-19-11-23(35(4,5)32)22(34-17-9-10-33-13-17)12-21(19)30-16(3)31-24/h6-8,11-12,15,17H,9-10,13H2,1-5H3,(H,29,30,31)/t15-,17?/m1/s1. The van der Waals surface area contributed by atoms with Crippen molar-refractivity contribution in [2.24, 2.45) is 0 Å². The molecule has 0 saturated carbocycles. The summed E-state index contributed by atoms with van der Waals surface area (Å²) >= 11 is 0. The average Bonchev–Trinajstić information content (AvgIpc) is 3.24. The summed E-state index contributed by atoms with van der Waals surface area (Å²) < 4.78 is 65.0. The smallest absolute Gasteiger partial charge is 0.416 e. The second-order valence-corrected chi connectivity index (χ2v) is 12.5. The summed E-state index contributed by atoms with van der Waals surface area (Å²) in [4.78, 5) is 9.07. The average molecular weight is 507 g/mol. The third-order valence-corrected chi connectivity index (χ3v) is 7.66. The Morgan fingerprint density at radius 2 is 1.94 bits per heavy atom. The van der Waals surface area contributed by atoms with Gasteiger partial charge in [-0.25, -0.2) is 9.97 Å². The van der Waals surface area contributed by atoms with Crippen LogP contribution in [0.1, 0.15) is 41.9 Å². The van der Waals surface area contributed by atoms with E-state index in [4.69, 9.17) is 9.47 Å². The fourth-order valence-corrected chi connectivity index (χ4v) is 5.47. The lowest BCUT2D eigenvalue weighted by atomic mass is 9.97. The minimum Gasteiger partial charge on any atom is -0.487 e. The summed E-state index contributed by atoms with van der Waals surface area (Å²) in [7, 11) is -2.75. The van der Waals surface area contributed by atoms with Gasteiger partial charge in [-0.3, -0.25) is 0 Å². The first kappa shape index (κ1) is 25.5. The van der Waals surface area contributed by atoms with Crippen molar-refractivity contribution in [3.05, 3.63) is 52.8 Å². The third-order valence-electron chi connectivity index (χ3n) is 6.15. The lowest BCUT2D eigenvalue weighted by Gasteiger charge is -2.22. The highest BCUT2D eigenvalue weighted by Crippen LogP contribution is 2.42. The quantitative estimate of drug-likeness (QED) is 0.422. The lowest BCUT2D eigenvalue weighted by Crippen LogP contribution is -2.21. The van der Waals surface area contributed by atoms with Crippen LogP contribution in [0.2, 0.25) is 0 Å². The summed E-state index contributed by atoms with van der Waals surface area (Å²) in [5.41, 5.74) is 0.614. The van der Waals surface area contributed by atoms with Gasteiger partial charge in [0, 0.05) is 17.9 Å². The number of fused-ring (bicyclic) bond motifs is 1. The van der Waals surface area contributed by atoms with Crippen LogP contribution in [-0.4, -0.2) is 42.6 Å². The highest BCUT2D eigenvalue weighted by Gasteiger charge is 2.33. The van der Waals surface area contributed by atoms with Crippen molar-refractivity contribution in [1.82, 2.24) is 9.97 Å². The van der Waals surface area contributed by atoms with E-state index in [2.05, 4.69) is 15.3 Å². The number of hydrogen-bond acceptors (Lipinski definition) is 6. The topological polar surface area (TPSA) is 73.3 Å².